The Balaban J connectivity index is 0.00000176. The van der Waals surface area contributed by atoms with Crippen LogP contribution in [0, 0.1) is 0 Å². The van der Waals surface area contributed by atoms with Crippen molar-refractivity contribution in [1.82, 2.24) is 10.2 Å². The van der Waals surface area contributed by atoms with Gasteiger partial charge >= 0.3 is 0 Å². The van der Waals surface area contributed by atoms with Crippen molar-refractivity contribution in [3.8, 4) is 0 Å². The van der Waals surface area contributed by atoms with E-state index in [1.807, 2.05) is 0 Å². The number of rotatable bonds is 2. The molecule has 1 N–H and O–H groups in total. The van der Waals surface area contributed by atoms with Crippen LogP contribution in [0.5, 0.6) is 0 Å². The standard InChI is InChI=1S/C17H25N3O.ClH/c21-17(19-10-5-1-2-6-11-19)14-20-12-9-18-13-15-7-3-4-8-16(15)20;/h3-4,7-8,18H,1-2,5-6,9-14H2;1H. The van der Waals surface area contributed by atoms with Crippen molar-refractivity contribution in [3.05, 3.63) is 29.8 Å². The number of amides is 1. The van der Waals surface area contributed by atoms with Gasteiger partial charge in [-0.05, 0) is 24.5 Å². The zero-order chi connectivity index (χ0) is 14.5. The highest BCUT2D eigenvalue weighted by atomic mass is 35.5. The van der Waals surface area contributed by atoms with E-state index < -0.39 is 0 Å². The maximum atomic E-state index is 12.6. The van der Waals surface area contributed by atoms with E-state index in [0.717, 1.165) is 45.6 Å². The lowest BCUT2D eigenvalue weighted by atomic mass is 10.1. The fourth-order valence-electron chi connectivity index (χ4n) is 3.27. The summed E-state index contributed by atoms with van der Waals surface area (Å²) in [5.41, 5.74) is 2.50. The first-order valence-corrected chi connectivity index (χ1v) is 8.16. The highest BCUT2D eigenvalue weighted by molar-refractivity contribution is 5.85. The molecule has 0 spiro atoms. The van der Waals surface area contributed by atoms with E-state index in [1.165, 1.54) is 24.1 Å². The Hall–Kier alpha value is -1.26. The van der Waals surface area contributed by atoms with Crippen LogP contribution in [-0.2, 0) is 11.3 Å². The maximum absolute atomic E-state index is 12.6. The molecule has 2 aliphatic rings. The third-order valence-corrected chi connectivity index (χ3v) is 4.49. The largest absolute Gasteiger partial charge is 0.361 e. The van der Waals surface area contributed by atoms with E-state index in [1.54, 1.807) is 0 Å². The molecule has 2 heterocycles. The number of carbonyl (C=O) groups excluding carboxylic acids is 1. The number of nitrogens with zero attached hydrogens (tertiary/aromatic N) is 2. The van der Waals surface area contributed by atoms with E-state index in [2.05, 4.69) is 39.4 Å². The predicted octanol–water partition coefficient (Wildman–Crippen LogP) is 2.42. The Bertz CT molecular complexity index is 487. The molecular formula is C17H26ClN3O. The monoisotopic (exact) mass is 323 g/mol. The Morgan fingerprint density at radius 1 is 1.05 bits per heavy atom. The molecule has 0 atom stereocenters. The third kappa shape index (κ3) is 4.14. The van der Waals surface area contributed by atoms with Crippen LogP contribution in [0.2, 0.25) is 0 Å². The quantitative estimate of drug-likeness (QED) is 0.908. The van der Waals surface area contributed by atoms with Crippen LogP contribution >= 0.6 is 12.4 Å². The summed E-state index contributed by atoms with van der Waals surface area (Å²) < 4.78 is 0. The average Bonchev–Trinajstić information content (AvgIpc) is 2.89. The van der Waals surface area contributed by atoms with Crippen molar-refractivity contribution < 1.29 is 4.79 Å². The number of likely N-dealkylation sites (tertiary alicyclic amines) is 1. The van der Waals surface area contributed by atoms with E-state index >= 15 is 0 Å². The maximum Gasteiger partial charge on any atom is 0.242 e. The van der Waals surface area contributed by atoms with Crippen LogP contribution < -0.4 is 10.2 Å². The molecule has 1 aromatic carbocycles. The fourth-order valence-corrected chi connectivity index (χ4v) is 3.27. The molecule has 22 heavy (non-hydrogen) atoms. The van der Waals surface area contributed by atoms with Gasteiger partial charge in [0.05, 0.1) is 6.54 Å². The highest BCUT2D eigenvalue weighted by Gasteiger charge is 2.21. The zero-order valence-corrected chi connectivity index (χ0v) is 13.9. The normalized spacial score (nSPS) is 18.7. The summed E-state index contributed by atoms with van der Waals surface area (Å²) in [5, 5.41) is 3.43. The predicted molar refractivity (Wildman–Crippen MR) is 92.7 cm³/mol. The lowest BCUT2D eigenvalue weighted by molar-refractivity contribution is -0.129. The molecule has 1 saturated heterocycles. The smallest absolute Gasteiger partial charge is 0.242 e. The molecule has 0 saturated carbocycles. The van der Waals surface area contributed by atoms with Gasteiger partial charge in [-0.1, -0.05) is 31.0 Å². The first-order chi connectivity index (χ1) is 10.3. The summed E-state index contributed by atoms with van der Waals surface area (Å²) in [4.78, 5) is 16.9. The van der Waals surface area contributed by atoms with Crippen LogP contribution in [0.15, 0.2) is 24.3 Å². The second-order valence-electron chi connectivity index (χ2n) is 6.02. The molecule has 5 heteroatoms. The number of benzene rings is 1. The summed E-state index contributed by atoms with van der Waals surface area (Å²) >= 11 is 0. The van der Waals surface area contributed by atoms with Crippen LogP contribution in [0.3, 0.4) is 0 Å². The second kappa shape index (κ2) is 8.39. The van der Waals surface area contributed by atoms with Gasteiger partial charge in [-0.25, -0.2) is 0 Å². The van der Waals surface area contributed by atoms with Crippen molar-refractivity contribution in [2.75, 3.05) is 37.6 Å². The Morgan fingerprint density at radius 2 is 1.77 bits per heavy atom. The molecule has 4 nitrogen and oxygen atoms in total. The molecule has 0 bridgehead atoms. The van der Waals surface area contributed by atoms with Crippen molar-refractivity contribution >= 4 is 24.0 Å². The molecular weight excluding hydrogens is 298 g/mol. The number of hydrogen-bond donors (Lipinski definition) is 1. The van der Waals surface area contributed by atoms with E-state index in [9.17, 15) is 4.79 Å². The molecule has 0 radical (unpaired) electrons. The Labute approximate surface area is 139 Å². The van der Waals surface area contributed by atoms with Gasteiger partial charge in [0.15, 0.2) is 0 Å². The topological polar surface area (TPSA) is 35.6 Å². The number of fused-ring (bicyclic) bond motifs is 1. The first-order valence-electron chi connectivity index (χ1n) is 8.16. The zero-order valence-electron chi connectivity index (χ0n) is 13.1. The lowest BCUT2D eigenvalue weighted by Gasteiger charge is -2.28. The Morgan fingerprint density at radius 3 is 2.55 bits per heavy atom. The van der Waals surface area contributed by atoms with Gasteiger partial charge < -0.3 is 15.1 Å². The highest BCUT2D eigenvalue weighted by Crippen LogP contribution is 2.22. The minimum atomic E-state index is 0. The van der Waals surface area contributed by atoms with Gasteiger partial charge in [0, 0.05) is 38.4 Å². The SMILES string of the molecule is Cl.O=C(CN1CCNCc2ccccc21)N1CCCCCC1. The van der Waals surface area contributed by atoms with Crippen LogP contribution in [0.1, 0.15) is 31.2 Å². The van der Waals surface area contributed by atoms with E-state index in [4.69, 9.17) is 0 Å². The molecule has 3 rings (SSSR count). The van der Waals surface area contributed by atoms with E-state index in [0.29, 0.717) is 6.54 Å². The first kappa shape index (κ1) is 17.1. The molecule has 2 aliphatic heterocycles. The lowest BCUT2D eigenvalue weighted by Crippen LogP contribution is -2.42. The van der Waals surface area contributed by atoms with Gasteiger partial charge in [-0.15, -0.1) is 12.4 Å². The van der Waals surface area contributed by atoms with Crippen LogP contribution in [0.25, 0.3) is 0 Å². The van der Waals surface area contributed by atoms with Crippen LogP contribution in [-0.4, -0.2) is 43.5 Å². The minimum absolute atomic E-state index is 0. The van der Waals surface area contributed by atoms with Gasteiger partial charge in [-0.3, -0.25) is 4.79 Å². The fraction of sp³-hybridized carbons (Fsp3) is 0.588. The van der Waals surface area contributed by atoms with Gasteiger partial charge in [0.1, 0.15) is 0 Å². The number of halogens is 1. The molecule has 0 aromatic heterocycles. The number of hydrogen-bond acceptors (Lipinski definition) is 3. The minimum Gasteiger partial charge on any atom is -0.361 e. The molecule has 1 fully saturated rings. The van der Waals surface area contributed by atoms with Crippen molar-refractivity contribution in [1.29, 1.82) is 0 Å². The summed E-state index contributed by atoms with van der Waals surface area (Å²) in [5.74, 6) is 0.286. The molecule has 0 unspecified atom stereocenters. The van der Waals surface area contributed by atoms with Crippen molar-refractivity contribution in [2.45, 2.75) is 32.2 Å². The molecule has 1 aromatic rings. The number of para-hydroxylation sites is 1. The second-order valence-corrected chi connectivity index (χ2v) is 6.02. The van der Waals surface area contributed by atoms with Crippen molar-refractivity contribution in [3.63, 3.8) is 0 Å². The van der Waals surface area contributed by atoms with E-state index in [-0.39, 0.29) is 18.3 Å². The van der Waals surface area contributed by atoms with Gasteiger partial charge in [0.2, 0.25) is 5.91 Å². The third-order valence-electron chi connectivity index (χ3n) is 4.49. The van der Waals surface area contributed by atoms with Crippen LogP contribution in [0.4, 0.5) is 5.69 Å². The summed E-state index contributed by atoms with van der Waals surface area (Å²) in [6.45, 7) is 5.11. The van der Waals surface area contributed by atoms with Crippen molar-refractivity contribution in [2.24, 2.45) is 0 Å². The molecule has 1 amide bonds. The molecule has 0 aliphatic carbocycles. The summed E-state index contributed by atoms with van der Waals surface area (Å²) in [6.07, 6.45) is 4.84. The molecule has 122 valence electrons. The van der Waals surface area contributed by atoms with Gasteiger partial charge in [0.25, 0.3) is 0 Å². The number of carbonyl (C=O) groups is 1. The average molecular weight is 324 g/mol. The Kier molecular flexibility index (Phi) is 6.52. The number of anilines is 1. The van der Waals surface area contributed by atoms with Gasteiger partial charge in [-0.2, -0.15) is 0 Å². The summed E-state index contributed by atoms with van der Waals surface area (Å²) in [7, 11) is 0. The number of nitrogens with one attached hydrogen (secondary N) is 1. The summed E-state index contributed by atoms with van der Waals surface area (Å²) in [6, 6.07) is 8.42.